The van der Waals surface area contributed by atoms with Gasteiger partial charge in [-0.2, -0.15) is 0 Å². The predicted molar refractivity (Wildman–Crippen MR) is 78.7 cm³/mol. The molecule has 4 nitrogen and oxygen atoms in total. The van der Waals surface area contributed by atoms with Crippen molar-refractivity contribution in [3.63, 3.8) is 0 Å². The zero-order valence-electron chi connectivity index (χ0n) is 11.5. The van der Waals surface area contributed by atoms with Crippen LogP contribution < -0.4 is 10.1 Å². The maximum absolute atomic E-state index is 5.18. The van der Waals surface area contributed by atoms with Crippen molar-refractivity contribution >= 4 is 11.8 Å². The highest BCUT2D eigenvalue weighted by molar-refractivity contribution is 7.99. The van der Waals surface area contributed by atoms with Gasteiger partial charge in [-0.05, 0) is 24.7 Å². The van der Waals surface area contributed by atoms with E-state index in [1.807, 2.05) is 43.2 Å². The van der Waals surface area contributed by atoms with E-state index in [-0.39, 0.29) is 0 Å². The minimum Gasteiger partial charge on any atom is -0.497 e. The Morgan fingerprint density at radius 2 is 2.11 bits per heavy atom. The second-order valence-electron chi connectivity index (χ2n) is 4.25. The Hall–Kier alpha value is -1.46. The van der Waals surface area contributed by atoms with Crippen molar-refractivity contribution in [3.05, 3.63) is 42.2 Å². The van der Waals surface area contributed by atoms with Gasteiger partial charge in [0, 0.05) is 31.2 Å². The average Bonchev–Trinajstić information content (AvgIpc) is 2.86. The van der Waals surface area contributed by atoms with Gasteiger partial charge in [0.05, 0.1) is 7.11 Å². The summed E-state index contributed by atoms with van der Waals surface area (Å²) in [7, 11) is 5.67. The van der Waals surface area contributed by atoms with Crippen LogP contribution in [0, 0.1) is 0 Å². The summed E-state index contributed by atoms with van der Waals surface area (Å²) in [4.78, 5) is 4.32. The van der Waals surface area contributed by atoms with Crippen molar-refractivity contribution in [2.24, 2.45) is 7.05 Å². The number of methoxy groups -OCH3 is 1. The van der Waals surface area contributed by atoms with Crippen LogP contribution in [0.5, 0.6) is 5.75 Å². The molecule has 2 rings (SSSR count). The van der Waals surface area contributed by atoms with Crippen molar-refractivity contribution in [2.45, 2.75) is 11.2 Å². The molecule has 102 valence electrons. The quantitative estimate of drug-likeness (QED) is 0.823. The van der Waals surface area contributed by atoms with Crippen molar-refractivity contribution in [1.82, 2.24) is 14.9 Å². The van der Waals surface area contributed by atoms with E-state index in [1.54, 1.807) is 18.9 Å². The molecule has 19 heavy (non-hydrogen) atoms. The molecule has 0 amide bonds. The molecule has 0 saturated heterocycles. The third-order valence-electron chi connectivity index (χ3n) is 3.02. The first-order chi connectivity index (χ1) is 9.24. The number of hydrogen-bond acceptors (Lipinski definition) is 4. The lowest BCUT2D eigenvalue weighted by atomic mass is 10.1. The van der Waals surface area contributed by atoms with Gasteiger partial charge in [0.15, 0.2) is 5.16 Å². The molecular formula is C14H19N3OS. The average molecular weight is 277 g/mol. The van der Waals surface area contributed by atoms with Crippen LogP contribution in [0.25, 0.3) is 0 Å². The molecular weight excluding hydrogens is 258 g/mol. The molecule has 1 heterocycles. The first-order valence-corrected chi connectivity index (χ1v) is 7.14. The Morgan fingerprint density at radius 3 is 2.63 bits per heavy atom. The van der Waals surface area contributed by atoms with Gasteiger partial charge in [-0.3, -0.25) is 0 Å². The fraction of sp³-hybridized carbons (Fsp3) is 0.357. The number of aryl methyl sites for hydroxylation is 1. The summed E-state index contributed by atoms with van der Waals surface area (Å²) in [6.07, 6.45) is 3.79. The Balaban J connectivity index is 2.01. The van der Waals surface area contributed by atoms with Gasteiger partial charge in [-0.1, -0.05) is 23.9 Å². The van der Waals surface area contributed by atoms with Crippen molar-refractivity contribution in [3.8, 4) is 5.75 Å². The fourth-order valence-electron chi connectivity index (χ4n) is 1.83. The zero-order valence-corrected chi connectivity index (χ0v) is 12.3. The smallest absolute Gasteiger partial charge is 0.167 e. The summed E-state index contributed by atoms with van der Waals surface area (Å²) in [6, 6.07) is 8.47. The van der Waals surface area contributed by atoms with Crippen LogP contribution in [0.15, 0.2) is 41.8 Å². The number of nitrogens with zero attached hydrogens (tertiary/aromatic N) is 2. The van der Waals surface area contributed by atoms with Gasteiger partial charge in [-0.25, -0.2) is 4.98 Å². The molecule has 0 saturated carbocycles. The molecule has 0 aliphatic rings. The lowest BCUT2D eigenvalue weighted by molar-refractivity contribution is 0.414. The number of hydrogen-bond donors (Lipinski definition) is 1. The van der Waals surface area contributed by atoms with Crippen molar-refractivity contribution in [2.75, 3.05) is 19.9 Å². The summed E-state index contributed by atoms with van der Waals surface area (Å²) in [5, 5.41) is 4.37. The largest absolute Gasteiger partial charge is 0.497 e. The van der Waals surface area contributed by atoms with E-state index in [9.17, 15) is 0 Å². The third-order valence-corrected chi connectivity index (χ3v) is 4.17. The van der Waals surface area contributed by atoms with E-state index in [2.05, 4.69) is 22.4 Å². The Morgan fingerprint density at radius 1 is 1.37 bits per heavy atom. The fourth-order valence-corrected chi connectivity index (χ4v) is 2.91. The Kier molecular flexibility index (Phi) is 4.87. The normalized spacial score (nSPS) is 12.4. The zero-order chi connectivity index (χ0) is 13.7. The number of imidazole rings is 1. The number of benzene rings is 1. The number of thioether (sulfide) groups is 1. The maximum Gasteiger partial charge on any atom is 0.167 e. The van der Waals surface area contributed by atoms with Crippen LogP contribution >= 0.6 is 11.8 Å². The SMILES string of the molecule is CNC(CSc1nccn1C)c1ccc(OC)cc1. The second-order valence-corrected chi connectivity index (χ2v) is 5.23. The minimum absolute atomic E-state index is 0.299. The highest BCUT2D eigenvalue weighted by Crippen LogP contribution is 2.24. The van der Waals surface area contributed by atoms with Gasteiger partial charge in [0.1, 0.15) is 5.75 Å². The molecule has 0 aliphatic carbocycles. The van der Waals surface area contributed by atoms with Gasteiger partial charge >= 0.3 is 0 Å². The first kappa shape index (κ1) is 14.0. The minimum atomic E-state index is 0.299. The summed E-state index contributed by atoms with van der Waals surface area (Å²) in [5.74, 6) is 1.82. The number of rotatable bonds is 6. The molecule has 1 aromatic heterocycles. The molecule has 0 aliphatic heterocycles. The Bertz CT molecular complexity index is 510. The monoisotopic (exact) mass is 277 g/mol. The van der Waals surface area contributed by atoms with E-state index in [0.29, 0.717) is 6.04 Å². The van der Waals surface area contributed by atoms with Crippen LogP contribution in [0.4, 0.5) is 0 Å². The summed E-state index contributed by atoms with van der Waals surface area (Å²) in [6.45, 7) is 0. The second kappa shape index (κ2) is 6.63. The van der Waals surface area contributed by atoms with E-state index in [4.69, 9.17) is 4.74 Å². The van der Waals surface area contributed by atoms with Gasteiger partial charge in [-0.15, -0.1) is 0 Å². The number of ether oxygens (including phenoxy) is 1. The van der Waals surface area contributed by atoms with Crippen LogP contribution in [0.3, 0.4) is 0 Å². The van der Waals surface area contributed by atoms with Crippen molar-refractivity contribution in [1.29, 1.82) is 0 Å². The molecule has 1 unspecified atom stereocenters. The van der Waals surface area contributed by atoms with Crippen LogP contribution in [-0.2, 0) is 7.05 Å². The molecule has 0 spiro atoms. The van der Waals surface area contributed by atoms with E-state index >= 15 is 0 Å². The highest BCUT2D eigenvalue weighted by atomic mass is 32.2. The number of aromatic nitrogens is 2. The number of nitrogens with one attached hydrogen (secondary N) is 1. The maximum atomic E-state index is 5.18. The molecule has 1 N–H and O–H groups in total. The molecule has 1 aromatic carbocycles. The summed E-state index contributed by atoms with van der Waals surface area (Å²) in [5.41, 5.74) is 1.25. The van der Waals surface area contributed by atoms with Crippen molar-refractivity contribution < 1.29 is 4.74 Å². The molecule has 1 atom stereocenters. The predicted octanol–water partition coefficient (Wildman–Crippen LogP) is 2.48. The Labute approximate surface area is 118 Å². The first-order valence-electron chi connectivity index (χ1n) is 6.16. The van der Waals surface area contributed by atoms with E-state index in [0.717, 1.165) is 16.7 Å². The molecule has 0 bridgehead atoms. The summed E-state index contributed by atoms with van der Waals surface area (Å²) < 4.78 is 7.21. The van der Waals surface area contributed by atoms with Gasteiger partial charge in [0.25, 0.3) is 0 Å². The van der Waals surface area contributed by atoms with E-state index < -0.39 is 0 Å². The van der Waals surface area contributed by atoms with E-state index in [1.165, 1.54) is 5.56 Å². The topological polar surface area (TPSA) is 39.1 Å². The van der Waals surface area contributed by atoms with Crippen LogP contribution in [0.1, 0.15) is 11.6 Å². The van der Waals surface area contributed by atoms with Crippen LogP contribution in [-0.4, -0.2) is 29.5 Å². The standard InChI is InChI=1S/C14H19N3OS/c1-15-13(10-19-14-16-8-9-17(14)2)11-4-6-12(18-3)7-5-11/h4-9,13,15H,10H2,1-3H3. The molecule has 0 fully saturated rings. The summed E-state index contributed by atoms with van der Waals surface area (Å²) >= 11 is 1.75. The third kappa shape index (κ3) is 3.52. The van der Waals surface area contributed by atoms with Crippen LogP contribution in [0.2, 0.25) is 0 Å². The lowest BCUT2D eigenvalue weighted by Crippen LogP contribution is -2.18. The van der Waals surface area contributed by atoms with Gasteiger partial charge in [0.2, 0.25) is 0 Å². The molecule has 5 heteroatoms. The highest BCUT2D eigenvalue weighted by Gasteiger charge is 2.11. The molecule has 2 aromatic rings. The molecule has 0 radical (unpaired) electrons. The lowest BCUT2D eigenvalue weighted by Gasteiger charge is -2.16. The van der Waals surface area contributed by atoms with Gasteiger partial charge < -0.3 is 14.6 Å².